The molecule has 2 aromatic heterocycles. The van der Waals surface area contributed by atoms with Crippen LogP contribution in [0.4, 0.5) is 0 Å². The summed E-state index contributed by atoms with van der Waals surface area (Å²) in [4.78, 5) is 0. The number of benzene rings is 1. The molecule has 2 nitrogen and oxygen atoms in total. The van der Waals surface area contributed by atoms with Crippen LogP contribution < -0.4 is 0 Å². The highest BCUT2D eigenvalue weighted by Crippen LogP contribution is 2.30. The average Bonchev–Trinajstić information content (AvgIpc) is 3.24. The first-order valence-corrected chi connectivity index (χ1v) is 13.1. The van der Waals surface area contributed by atoms with Crippen LogP contribution >= 0.6 is 0 Å². The van der Waals surface area contributed by atoms with E-state index in [4.69, 9.17) is 0 Å². The molecule has 180 valence electrons. The fourth-order valence-corrected chi connectivity index (χ4v) is 5.08. The summed E-state index contributed by atoms with van der Waals surface area (Å²) < 4.78 is 5.12. The van der Waals surface area contributed by atoms with Crippen LogP contribution in [0, 0.1) is 30.6 Å². The quantitative estimate of drug-likeness (QED) is 0.296. The zero-order chi connectivity index (χ0) is 24.3. The molecule has 1 aromatic carbocycles. The third-order valence-electron chi connectivity index (χ3n) is 6.31. The van der Waals surface area contributed by atoms with Gasteiger partial charge in [-0.15, -0.1) is 0 Å². The summed E-state index contributed by atoms with van der Waals surface area (Å²) in [6.45, 7) is 20.9. The first-order chi connectivity index (χ1) is 15.6. The Morgan fingerprint density at radius 1 is 0.485 bits per heavy atom. The first-order valence-electron chi connectivity index (χ1n) is 13.1. The molecule has 0 N–H and O–H groups in total. The summed E-state index contributed by atoms with van der Waals surface area (Å²) in [5.41, 5.74) is 9.76. The molecule has 0 amide bonds. The number of rotatable bonds is 10. The van der Waals surface area contributed by atoms with Gasteiger partial charge in [0.2, 0.25) is 0 Å². The van der Waals surface area contributed by atoms with Crippen molar-refractivity contribution >= 4 is 0 Å². The van der Waals surface area contributed by atoms with Crippen LogP contribution in [-0.4, -0.2) is 9.13 Å². The molecule has 2 heteroatoms. The van der Waals surface area contributed by atoms with Crippen molar-refractivity contribution < 1.29 is 0 Å². The molecule has 3 aromatic rings. The van der Waals surface area contributed by atoms with Crippen molar-refractivity contribution in [3.63, 3.8) is 0 Å². The van der Waals surface area contributed by atoms with Crippen molar-refractivity contribution in [1.82, 2.24) is 9.13 Å². The lowest BCUT2D eigenvalue weighted by molar-refractivity contribution is 0.599. The molecule has 0 saturated carbocycles. The highest BCUT2D eigenvalue weighted by molar-refractivity contribution is 5.56. The number of nitrogens with zero attached hydrogens (tertiary/aromatic N) is 2. The number of hydrogen-bond acceptors (Lipinski definition) is 0. The van der Waals surface area contributed by atoms with Crippen molar-refractivity contribution in [2.75, 3.05) is 0 Å². The molecule has 0 spiro atoms. The van der Waals surface area contributed by atoms with Gasteiger partial charge in [-0.05, 0) is 98.2 Å². The molecule has 0 fully saturated rings. The summed E-state index contributed by atoms with van der Waals surface area (Å²) in [6.07, 6.45) is 4.40. The molecule has 0 aliphatic carbocycles. The third-order valence-corrected chi connectivity index (χ3v) is 6.31. The fraction of sp³-hybridized carbons (Fsp3) is 0.548. The number of aromatic nitrogens is 2. The molecule has 2 heterocycles. The standard InChI is InChI=1S/C31H46N2/c1-21(2)17-26-13-14-27(18-22(3)4)32(26)30-11-10-12-31(25(30)9)33-28(19-23(5)6)15-16-29(33)20-24(7)8/h10-16,21-24H,17-20H2,1-9H3. The SMILES string of the molecule is Cc1c(-n2c(CC(C)C)ccc2CC(C)C)cccc1-n1c(CC(C)C)ccc1CC(C)C. The zero-order valence-electron chi connectivity index (χ0n) is 22.6. The Kier molecular flexibility index (Phi) is 8.32. The summed E-state index contributed by atoms with van der Waals surface area (Å²) in [6, 6.07) is 16.3. The lowest BCUT2D eigenvalue weighted by Gasteiger charge is -2.23. The minimum atomic E-state index is 0.633. The van der Waals surface area contributed by atoms with E-state index in [0.717, 1.165) is 25.7 Å². The Bertz CT molecular complexity index is 908. The van der Waals surface area contributed by atoms with Crippen molar-refractivity contribution in [3.8, 4) is 11.4 Å². The van der Waals surface area contributed by atoms with Gasteiger partial charge in [-0.3, -0.25) is 0 Å². The second-order valence-electron chi connectivity index (χ2n) is 11.6. The van der Waals surface area contributed by atoms with Gasteiger partial charge in [-0.25, -0.2) is 0 Å². The van der Waals surface area contributed by atoms with Crippen LogP contribution in [0.3, 0.4) is 0 Å². The van der Waals surface area contributed by atoms with Gasteiger partial charge in [0.15, 0.2) is 0 Å². The van der Waals surface area contributed by atoms with Crippen LogP contribution in [0.15, 0.2) is 42.5 Å². The Labute approximate surface area is 203 Å². The highest BCUT2D eigenvalue weighted by Gasteiger charge is 2.19. The lowest BCUT2D eigenvalue weighted by atomic mass is 10.0. The van der Waals surface area contributed by atoms with Crippen molar-refractivity contribution in [1.29, 1.82) is 0 Å². The normalized spacial score (nSPS) is 12.2. The van der Waals surface area contributed by atoms with Gasteiger partial charge in [0.1, 0.15) is 0 Å². The second kappa shape index (κ2) is 10.8. The highest BCUT2D eigenvalue weighted by atomic mass is 15.0. The zero-order valence-corrected chi connectivity index (χ0v) is 22.6. The van der Waals surface area contributed by atoms with Crippen molar-refractivity contribution in [2.24, 2.45) is 23.7 Å². The average molecular weight is 447 g/mol. The van der Waals surface area contributed by atoms with Gasteiger partial charge in [0.05, 0.1) is 11.4 Å². The van der Waals surface area contributed by atoms with Gasteiger partial charge in [-0.2, -0.15) is 0 Å². The minimum absolute atomic E-state index is 0.633. The van der Waals surface area contributed by atoms with E-state index in [2.05, 4.69) is 114 Å². The van der Waals surface area contributed by atoms with E-state index in [-0.39, 0.29) is 0 Å². The van der Waals surface area contributed by atoms with Crippen LogP contribution in [0.25, 0.3) is 11.4 Å². The van der Waals surface area contributed by atoms with E-state index < -0.39 is 0 Å². The molecule has 0 radical (unpaired) electrons. The maximum absolute atomic E-state index is 2.56. The topological polar surface area (TPSA) is 9.86 Å². The molecule has 0 bridgehead atoms. The minimum Gasteiger partial charge on any atom is -0.318 e. The van der Waals surface area contributed by atoms with Crippen LogP contribution in [-0.2, 0) is 25.7 Å². The van der Waals surface area contributed by atoms with E-state index in [0.29, 0.717) is 23.7 Å². The van der Waals surface area contributed by atoms with E-state index in [9.17, 15) is 0 Å². The number of hydrogen-bond donors (Lipinski definition) is 0. The summed E-state index contributed by atoms with van der Waals surface area (Å²) in [5.74, 6) is 2.53. The van der Waals surface area contributed by atoms with Gasteiger partial charge >= 0.3 is 0 Å². The van der Waals surface area contributed by atoms with Crippen molar-refractivity contribution in [2.45, 2.75) is 88.0 Å². The lowest BCUT2D eigenvalue weighted by Crippen LogP contribution is -2.14. The monoisotopic (exact) mass is 446 g/mol. The predicted molar refractivity (Wildman–Crippen MR) is 144 cm³/mol. The van der Waals surface area contributed by atoms with Gasteiger partial charge in [-0.1, -0.05) is 61.5 Å². The van der Waals surface area contributed by atoms with E-state index in [1.165, 1.54) is 39.7 Å². The third kappa shape index (κ3) is 6.02. The van der Waals surface area contributed by atoms with Crippen molar-refractivity contribution in [3.05, 3.63) is 70.8 Å². The fourth-order valence-electron chi connectivity index (χ4n) is 5.08. The predicted octanol–water partition coefficient (Wildman–Crippen LogP) is 8.37. The van der Waals surface area contributed by atoms with Gasteiger partial charge in [0, 0.05) is 22.8 Å². The van der Waals surface area contributed by atoms with E-state index in [1.54, 1.807) is 0 Å². The molecule has 33 heavy (non-hydrogen) atoms. The maximum atomic E-state index is 2.56. The first kappa shape index (κ1) is 25.4. The van der Waals surface area contributed by atoms with Gasteiger partial charge < -0.3 is 9.13 Å². The molecular weight excluding hydrogens is 400 g/mol. The summed E-state index contributed by atoms with van der Waals surface area (Å²) >= 11 is 0. The Hall–Kier alpha value is -2.22. The van der Waals surface area contributed by atoms with Gasteiger partial charge in [0.25, 0.3) is 0 Å². The summed E-state index contributed by atoms with van der Waals surface area (Å²) in [5, 5.41) is 0. The Morgan fingerprint density at radius 2 is 0.758 bits per heavy atom. The smallest absolute Gasteiger partial charge is 0.0505 e. The summed E-state index contributed by atoms with van der Waals surface area (Å²) in [7, 11) is 0. The van der Waals surface area contributed by atoms with E-state index >= 15 is 0 Å². The molecule has 0 unspecified atom stereocenters. The van der Waals surface area contributed by atoms with Crippen LogP contribution in [0.5, 0.6) is 0 Å². The Morgan fingerprint density at radius 3 is 1.00 bits per heavy atom. The molecule has 0 atom stereocenters. The molecule has 0 aliphatic rings. The molecule has 3 rings (SSSR count). The molecule has 0 saturated heterocycles. The van der Waals surface area contributed by atoms with E-state index in [1.807, 2.05) is 0 Å². The second-order valence-corrected chi connectivity index (χ2v) is 11.6. The van der Waals surface area contributed by atoms with Crippen LogP contribution in [0.1, 0.15) is 83.7 Å². The Balaban J connectivity index is 2.20. The molecular formula is C31H46N2. The molecule has 0 aliphatic heterocycles. The maximum Gasteiger partial charge on any atom is 0.0505 e. The largest absolute Gasteiger partial charge is 0.318 e. The van der Waals surface area contributed by atoms with Crippen LogP contribution in [0.2, 0.25) is 0 Å².